The molecule has 3 N–H and O–H groups in total. The number of likely N-dealkylation sites (tertiary alicyclic amines) is 1. The fourth-order valence-electron chi connectivity index (χ4n) is 2.78. The smallest absolute Gasteiger partial charge is 0.323 e. The number of carboxylic acids is 1. The first-order valence-corrected chi connectivity index (χ1v) is 9.54. The Kier molecular flexibility index (Phi) is 6.64. The standard InChI is InChI=1S/C15H21N3O7S/c19-10-11-5-7-17(8-6-11)9-14(15(20)21)16-26(24,25)13-3-1-12(2-4-13)18(22)23/h1-4,11,14,16,19H,5-10H2,(H,20,21)/t14-/m0/s1. The van der Waals surface area contributed by atoms with Crippen LogP contribution in [0.25, 0.3) is 0 Å². The SMILES string of the molecule is O=C(O)[C@H](CN1CCC(CO)CC1)NS(=O)(=O)c1ccc([N+](=O)[O-])cc1. The summed E-state index contributed by atoms with van der Waals surface area (Å²) in [4.78, 5) is 23.0. The highest BCUT2D eigenvalue weighted by molar-refractivity contribution is 7.89. The molecule has 11 heteroatoms. The van der Waals surface area contributed by atoms with Crippen LogP contribution in [0.5, 0.6) is 0 Å². The third kappa shape index (κ3) is 5.21. The van der Waals surface area contributed by atoms with Crippen LogP contribution in [0.4, 0.5) is 5.69 Å². The van der Waals surface area contributed by atoms with E-state index >= 15 is 0 Å². The largest absolute Gasteiger partial charge is 0.480 e. The maximum Gasteiger partial charge on any atom is 0.323 e. The molecular weight excluding hydrogens is 366 g/mol. The molecule has 2 rings (SSSR count). The second kappa shape index (κ2) is 8.54. The van der Waals surface area contributed by atoms with Gasteiger partial charge >= 0.3 is 5.97 Å². The van der Waals surface area contributed by atoms with Gasteiger partial charge in [-0.2, -0.15) is 4.72 Å². The normalized spacial score (nSPS) is 17.7. The van der Waals surface area contributed by atoms with Gasteiger partial charge in [0.2, 0.25) is 10.0 Å². The Morgan fingerprint density at radius 2 is 1.88 bits per heavy atom. The Bertz CT molecular complexity index is 743. The third-order valence-corrected chi connectivity index (χ3v) is 5.85. The third-order valence-electron chi connectivity index (χ3n) is 4.36. The number of aliphatic hydroxyl groups excluding tert-OH is 1. The number of carbonyl (C=O) groups is 1. The molecule has 1 heterocycles. The van der Waals surface area contributed by atoms with Gasteiger partial charge in [0.1, 0.15) is 6.04 Å². The molecular formula is C15H21N3O7S. The average molecular weight is 387 g/mol. The molecule has 0 spiro atoms. The quantitative estimate of drug-likeness (QED) is 0.418. The van der Waals surface area contributed by atoms with Crippen LogP contribution < -0.4 is 4.72 Å². The number of carboxylic acid groups (broad SMARTS) is 1. The van der Waals surface area contributed by atoms with Crippen molar-refractivity contribution >= 4 is 21.7 Å². The van der Waals surface area contributed by atoms with Crippen molar-refractivity contribution in [2.45, 2.75) is 23.8 Å². The van der Waals surface area contributed by atoms with Gasteiger partial charge in [-0.25, -0.2) is 8.42 Å². The van der Waals surface area contributed by atoms with E-state index in [2.05, 4.69) is 4.72 Å². The van der Waals surface area contributed by atoms with Crippen LogP contribution >= 0.6 is 0 Å². The van der Waals surface area contributed by atoms with Crippen LogP contribution in [0.3, 0.4) is 0 Å². The zero-order valence-corrected chi connectivity index (χ0v) is 14.8. The number of nitrogens with zero attached hydrogens (tertiary/aromatic N) is 2. The summed E-state index contributed by atoms with van der Waals surface area (Å²) in [5, 5.41) is 29.1. The van der Waals surface area contributed by atoms with E-state index in [0.717, 1.165) is 37.1 Å². The highest BCUT2D eigenvalue weighted by Gasteiger charge is 2.29. The molecule has 10 nitrogen and oxygen atoms in total. The Morgan fingerprint density at radius 3 is 2.35 bits per heavy atom. The van der Waals surface area contributed by atoms with Gasteiger partial charge in [-0.05, 0) is 44.0 Å². The number of piperidine rings is 1. The second-order valence-corrected chi connectivity index (χ2v) is 7.90. The van der Waals surface area contributed by atoms with Gasteiger partial charge in [-0.1, -0.05) is 0 Å². The topological polar surface area (TPSA) is 150 Å². The van der Waals surface area contributed by atoms with Gasteiger partial charge in [0, 0.05) is 25.3 Å². The number of sulfonamides is 1. The molecule has 26 heavy (non-hydrogen) atoms. The lowest BCUT2D eigenvalue weighted by Crippen LogP contribution is -2.50. The molecule has 1 atom stereocenters. The maximum atomic E-state index is 12.4. The molecule has 0 amide bonds. The van der Waals surface area contributed by atoms with Crippen molar-refractivity contribution < 1.29 is 28.3 Å². The Hall–Kier alpha value is -2.08. The van der Waals surface area contributed by atoms with Crippen LogP contribution in [0.1, 0.15) is 12.8 Å². The van der Waals surface area contributed by atoms with Gasteiger partial charge in [0.25, 0.3) is 5.69 Å². The van der Waals surface area contributed by atoms with Crippen molar-refractivity contribution in [1.29, 1.82) is 0 Å². The number of nitrogens with one attached hydrogen (secondary N) is 1. The first kappa shape index (κ1) is 20.2. The van der Waals surface area contributed by atoms with Crippen LogP contribution in [0, 0.1) is 16.0 Å². The molecule has 1 aliphatic heterocycles. The summed E-state index contributed by atoms with van der Waals surface area (Å²) in [5.41, 5.74) is -0.259. The number of aliphatic carboxylic acids is 1. The van der Waals surface area contributed by atoms with Gasteiger partial charge in [-0.3, -0.25) is 14.9 Å². The summed E-state index contributed by atoms with van der Waals surface area (Å²) in [7, 11) is -4.13. The number of rotatable bonds is 8. The van der Waals surface area contributed by atoms with Gasteiger partial charge in [0.05, 0.1) is 9.82 Å². The summed E-state index contributed by atoms with van der Waals surface area (Å²) in [6, 6.07) is 2.87. The number of hydrogen-bond acceptors (Lipinski definition) is 7. The van der Waals surface area contributed by atoms with E-state index in [-0.39, 0.29) is 29.7 Å². The maximum absolute atomic E-state index is 12.4. The zero-order valence-electron chi connectivity index (χ0n) is 13.9. The van der Waals surface area contributed by atoms with Gasteiger partial charge in [-0.15, -0.1) is 0 Å². The minimum atomic E-state index is -4.13. The average Bonchev–Trinajstić information content (AvgIpc) is 2.61. The Balaban J connectivity index is 2.06. The van der Waals surface area contributed by atoms with E-state index in [1.807, 2.05) is 4.90 Å². The van der Waals surface area contributed by atoms with Crippen LogP contribution in [0.2, 0.25) is 0 Å². The number of hydrogen-bond donors (Lipinski definition) is 3. The molecule has 1 aliphatic rings. The molecule has 0 saturated carbocycles. The van der Waals surface area contributed by atoms with Crippen molar-refractivity contribution in [1.82, 2.24) is 9.62 Å². The van der Waals surface area contributed by atoms with E-state index < -0.39 is 27.0 Å². The van der Waals surface area contributed by atoms with Crippen molar-refractivity contribution in [2.24, 2.45) is 5.92 Å². The van der Waals surface area contributed by atoms with Crippen molar-refractivity contribution in [3.05, 3.63) is 34.4 Å². The van der Waals surface area contributed by atoms with Crippen molar-refractivity contribution in [3.63, 3.8) is 0 Å². The van der Waals surface area contributed by atoms with E-state index in [1.54, 1.807) is 0 Å². The van der Waals surface area contributed by atoms with E-state index in [0.29, 0.717) is 13.1 Å². The predicted molar refractivity (Wildman–Crippen MR) is 91.1 cm³/mol. The molecule has 0 unspecified atom stereocenters. The molecule has 0 bridgehead atoms. The van der Waals surface area contributed by atoms with Gasteiger partial charge < -0.3 is 15.1 Å². The lowest BCUT2D eigenvalue weighted by atomic mass is 9.97. The summed E-state index contributed by atoms with van der Waals surface area (Å²) in [6.07, 6.45) is 1.44. The minimum absolute atomic E-state index is 0.000304. The number of nitro groups is 1. The number of non-ortho nitro benzene ring substituents is 1. The molecule has 0 aliphatic carbocycles. The van der Waals surface area contributed by atoms with Gasteiger partial charge in [0.15, 0.2) is 0 Å². The van der Waals surface area contributed by atoms with Crippen LogP contribution in [0.15, 0.2) is 29.2 Å². The van der Waals surface area contributed by atoms with E-state index in [4.69, 9.17) is 5.11 Å². The van der Waals surface area contributed by atoms with E-state index in [9.17, 15) is 28.4 Å². The van der Waals surface area contributed by atoms with E-state index in [1.165, 1.54) is 0 Å². The molecule has 0 aromatic heterocycles. The summed E-state index contributed by atoms with van der Waals surface area (Å²) < 4.78 is 26.9. The number of nitro benzene ring substituents is 1. The number of benzene rings is 1. The minimum Gasteiger partial charge on any atom is -0.480 e. The monoisotopic (exact) mass is 387 g/mol. The van der Waals surface area contributed by atoms with Crippen LogP contribution in [-0.4, -0.2) is 66.7 Å². The lowest BCUT2D eigenvalue weighted by Gasteiger charge is -2.32. The van der Waals surface area contributed by atoms with Crippen molar-refractivity contribution in [3.8, 4) is 0 Å². The lowest BCUT2D eigenvalue weighted by molar-refractivity contribution is -0.384. The molecule has 144 valence electrons. The van der Waals surface area contributed by atoms with Crippen molar-refractivity contribution in [2.75, 3.05) is 26.2 Å². The summed E-state index contributed by atoms with van der Waals surface area (Å²) in [5.74, 6) is -1.12. The summed E-state index contributed by atoms with van der Waals surface area (Å²) >= 11 is 0. The molecule has 1 saturated heterocycles. The second-order valence-electron chi connectivity index (χ2n) is 6.19. The van der Waals surface area contributed by atoms with Crippen LogP contribution in [-0.2, 0) is 14.8 Å². The Morgan fingerprint density at radius 1 is 1.31 bits per heavy atom. The molecule has 1 fully saturated rings. The first-order valence-electron chi connectivity index (χ1n) is 8.05. The Labute approximate surface area is 150 Å². The molecule has 0 radical (unpaired) electrons. The number of aliphatic hydroxyl groups is 1. The molecule has 1 aromatic rings. The highest BCUT2D eigenvalue weighted by Crippen LogP contribution is 2.18. The summed E-state index contributed by atoms with van der Waals surface area (Å²) in [6.45, 7) is 1.24. The fourth-order valence-corrected chi connectivity index (χ4v) is 3.96. The zero-order chi connectivity index (χ0) is 19.3. The molecule has 1 aromatic carbocycles. The predicted octanol–water partition coefficient (Wildman–Crippen LogP) is 0.0306. The first-order chi connectivity index (χ1) is 12.2. The highest BCUT2D eigenvalue weighted by atomic mass is 32.2. The fraction of sp³-hybridized carbons (Fsp3) is 0.533.